The van der Waals surface area contributed by atoms with Gasteiger partial charge in [-0.2, -0.15) is 0 Å². The molecule has 0 bridgehead atoms. The predicted molar refractivity (Wildman–Crippen MR) is 69.2 cm³/mol. The molecule has 0 saturated carbocycles. The van der Waals surface area contributed by atoms with Crippen molar-refractivity contribution in [1.29, 1.82) is 0 Å². The molecule has 0 spiro atoms. The van der Waals surface area contributed by atoms with Crippen LogP contribution in [0.4, 0.5) is 0 Å². The Labute approximate surface area is 109 Å². The van der Waals surface area contributed by atoms with Gasteiger partial charge in [-0.15, -0.1) is 23.2 Å². The van der Waals surface area contributed by atoms with Gasteiger partial charge in [0, 0.05) is 16.2 Å². The van der Waals surface area contributed by atoms with E-state index in [2.05, 4.69) is 15.9 Å². The number of benzene rings is 1. The fourth-order valence-corrected chi connectivity index (χ4v) is 1.97. The van der Waals surface area contributed by atoms with Gasteiger partial charge in [-0.1, -0.05) is 15.9 Å². The Morgan fingerprint density at radius 2 is 1.73 bits per heavy atom. The molecule has 0 saturated heterocycles. The summed E-state index contributed by atoms with van der Waals surface area (Å²) in [6.45, 7) is 0.658. The fraction of sp³-hybridized carbons (Fsp3) is 0.455. The van der Waals surface area contributed by atoms with Crippen molar-refractivity contribution in [2.24, 2.45) is 5.92 Å². The van der Waals surface area contributed by atoms with Gasteiger partial charge in [-0.3, -0.25) is 0 Å². The largest absolute Gasteiger partial charge is 0.494 e. The van der Waals surface area contributed by atoms with Gasteiger partial charge in [0.15, 0.2) is 0 Å². The maximum absolute atomic E-state index is 5.72. The number of ether oxygens (including phenoxy) is 1. The number of alkyl halides is 2. The van der Waals surface area contributed by atoms with E-state index < -0.39 is 0 Å². The molecule has 84 valence electrons. The van der Waals surface area contributed by atoms with Crippen molar-refractivity contribution in [2.45, 2.75) is 6.42 Å². The molecule has 1 aromatic rings. The van der Waals surface area contributed by atoms with Gasteiger partial charge < -0.3 is 4.74 Å². The van der Waals surface area contributed by atoms with E-state index in [1.165, 1.54) is 0 Å². The highest BCUT2D eigenvalue weighted by molar-refractivity contribution is 9.10. The molecule has 0 fully saturated rings. The highest BCUT2D eigenvalue weighted by Gasteiger charge is 2.05. The van der Waals surface area contributed by atoms with E-state index in [0.717, 1.165) is 16.6 Å². The summed E-state index contributed by atoms with van der Waals surface area (Å²) in [5.41, 5.74) is 0. The summed E-state index contributed by atoms with van der Waals surface area (Å²) in [6, 6.07) is 7.77. The van der Waals surface area contributed by atoms with Gasteiger partial charge in [-0.25, -0.2) is 0 Å². The number of halogens is 3. The average Bonchev–Trinajstić information content (AvgIpc) is 2.27. The van der Waals surface area contributed by atoms with Gasteiger partial charge in [0.1, 0.15) is 5.75 Å². The third-order valence-corrected chi connectivity index (χ3v) is 3.45. The molecular formula is C11H13BrCl2O. The van der Waals surface area contributed by atoms with Crippen LogP contribution in [0.25, 0.3) is 0 Å². The first kappa shape index (κ1) is 13.1. The van der Waals surface area contributed by atoms with Crippen LogP contribution in [0.5, 0.6) is 5.75 Å². The smallest absolute Gasteiger partial charge is 0.119 e. The van der Waals surface area contributed by atoms with Crippen LogP contribution in [-0.4, -0.2) is 18.4 Å². The van der Waals surface area contributed by atoms with E-state index in [4.69, 9.17) is 27.9 Å². The lowest BCUT2D eigenvalue weighted by Gasteiger charge is -2.11. The summed E-state index contributed by atoms with van der Waals surface area (Å²) in [7, 11) is 0. The van der Waals surface area contributed by atoms with Crippen LogP contribution in [0.1, 0.15) is 6.42 Å². The Kier molecular flexibility index (Phi) is 6.46. The highest BCUT2D eigenvalue weighted by atomic mass is 79.9. The molecule has 15 heavy (non-hydrogen) atoms. The first-order chi connectivity index (χ1) is 7.26. The molecule has 1 rings (SSSR count). The van der Waals surface area contributed by atoms with Gasteiger partial charge in [0.05, 0.1) is 6.61 Å². The molecule has 1 aromatic carbocycles. The minimum Gasteiger partial charge on any atom is -0.494 e. The van der Waals surface area contributed by atoms with Crippen LogP contribution >= 0.6 is 39.1 Å². The lowest BCUT2D eigenvalue weighted by molar-refractivity contribution is 0.291. The van der Waals surface area contributed by atoms with E-state index in [1.54, 1.807) is 0 Å². The van der Waals surface area contributed by atoms with Crippen molar-refractivity contribution in [3.05, 3.63) is 28.7 Å². The molecule has 0 atom stereocenters. The molecule has 0 aliphatic carbocycles. The van der Waals surface area contributed by atoms with E-state index in [1.807, 2.05) is 24.3 Å². The molecule has 0 N–H and O–H groups in total. The van der Waals surface area contributed by atoms with Gasteiger partial charge in [0.2, 0.25) is 0 Å². The molecule has 0 heterocycles. The predicted octanol–water partition coefficient (Wildman–Crippen LogP) is 4.31. The van der Waals surface area contributed by atoms with E-state index in [0.29, 0.717) is 24.3 Å². The van der Waals surface area contributed by atoms with Crippen molar-refractivity contribution < 1.29 is 4.74 Å². The molecule has 4 heteroatoms. The quantitative estimate of drug-likeness (QED) is 0.711. The van der Waals surface area contributed by atoms with Crippen LogP contribution in [0.2, 0.25) is 0 Å². The highest BCUT2D eigenvalue weighted by Crippen LogP contribution is 2.17. The van der Waals surface area contributed by atoms with Crippen LogP contribution in [-0.2, 0) is 0 Å². The second-order valence-electron chi connectivity index (χ2n) is 3.27. The molecule has 0 aliphatic heterocycles. The molecule has 0 unspecified atom stereocenters. The van der Waals surface area contributed by atoms with Crippen LogP contribution < -0.4 is 4.74 Å². The summed E-state index contributed by atoms with van der Waals surface area (Å²) in [5.74, 6) is 2.39. The minimum atomic E-state index is 0.337. The zero-order valence-electron chi connectivity index (χ0n) is 8.26. The Balaban J connectivity index is 2.28. The maximum atomic E-state index is 5.72. The van der Waals surface area contributed by atoms with Crippen molar-refractivity contribution in [3.63, 3.8) is 0 Å². The SMILES string of the molecule is ClCC(CCl)CCOc1ccc(Br)cc1. The minimum absolute atomic E-state index is 0.337. The third-order valence-electron chi connectivity index (χ3n) is 2.04. The summed E-state index contributed by atoms with van der Waals surface area (Å²) < 4.78 is 6.61. The molecule has 0 aliphatic rings. The number of hydrogen-bond donors (Lipinski definition) is 0. The first-order valence-electron chi connectivity index (χ1n) is 4.76. The van der Waals surface area contributed by atoms with E-state index in [-0.39, 0.29) is 0 Å². The summed E-state index contributed by atoms with van der Waals surface area (Å²) in [4.78, 5) is 0. The lowest BCUT2D eigenvalue weighted by atomic mass is 10.1. The van der Waals surface area contributed by atoms with Crippen LogP contribution in [0, 0.1) is 5.92 Å². The van der Waals surface area contributed by atoms with Gasteiger partial charge in [0.25, 0.3) is 0 Å². The lowest BCUT2D eigenvalue weighted by Crippen LogP contribution is -2.09. The van der Waals surface area contributed by atoms with Crippen molar-refractivity contribution >= 4 is 39.1 Å². The molecule has 0 aromatic heterocycles. The van der Waals surface area contributed by atoms with Crippen molar-refractivity contribution in [3.8, 4) is 5.75 Å². The van der Waals surface area contributed by atoms with Crippen molar-refractivity contribution in [2.75, 3.05) is 18.4 Å². The summed E-state index contributed by atoms with van der Waals surface area (Å²) in [5, 5.41) is 0. The van der Waals surface area contributed by atoms with E-state index in [9.17, 15) is 0 Å². The van der Waals surface area contributed by atoms with Crippen molar-refractivity contribution in [1.82, 2.24) is 0 Å². The third kappa shape index (κ3) is 5.10. The van der Waals surface area contributed by atoms with Gasteiger partial charge in [-0.05, 0) is 36.6 Å². The normalized spacial score (nSPS) is 10.7. The number of hydrogen-bond acceptors (Lipinski definition) is 1. The monoisotopic (exact) mass is 310 g/mol. The summed E-state index contributed by atoms with van der Waals surface area (Å²) in [6.07, 6.45) is 0.892. The average molecular weight is 312 g/mol. The first-order valence-corrected chi connectivity index (χ1v) is 6.62. The Morgan fingerprint density at radius 1 is 1.13 bits per heavy atom. The topological polar surface area (TPSA) is 9.23 Å². The zero-order valence-corrected chi connectivity index (χ0v) is 11.4. The maximum Gasteiger partial charge on any atom is 0.119 e. The Hall–Kier alpha value is 0.0800. The zero-order chi connectivity index (χ0) is 11.1. The number of rotatable bonds is 6. The second-order valence-corrected chi connectivity index (χ2v) is 4.80. The Morgan fingerprint density at radius 3 is 2.27 bits per heavy atom. The molecule has 0 radical (unpaired) electrons. The second kappa shape index (κ2) is 7.37. The molecular weight excluding hydrogens is 299 g/mol. The van der Waals surface area contributed by atoms with Crippen LogP contribution in [0.15, 0.2) is 28.7 Å². The summed E-state index contributed by atoms with van der Waals surface area (Å²) >= 11 is 14.8. The fourth-order valence-electron chi connectivity index (χ4n) is 1.07. The van der Waals surface area contributed by atoms with Crippen LogP contribution in [0.3, 0.4) is 0 Å². The van der Waals surface area contributed by atoms with E-state index >= 15 is 0 Å². The van der Waals surface area contributed by atoms with Gasteiger partial charge >= 0.3 is 0 Å². The molecule has 1 nitrogen and oxygen atoms in total. The standard InChI is InChI=1S/C11H13BrCl2O/c12-10-1-3-11(4-2-10)15-6-5-9(7-13)8-14/h1-4,9H,5-8H2. The molecule has 0 amide bonds. The Bertz CT molecular complexity index is 272.